The van der Waals surface area contributed by atoms with E-state index >= 15 is 0 Å². The van der Waals surface area contributed by atoms with Crippen LogP contribution in [0.25, 0.3) is 0 Å². The predicted molar refractivity (Wildman–Crippen MR) is 90.3 cm³/mol. The van der Waals surface area contributed by atoms with Gasteiger partial charge in [0.05, 0.1) is 0 Å². The summed E-state index contributed by atoms with van der Waals surface area (Å²) in [6.07, 6.45) is 1.11. The molecule has 0 spiro atoms. The van der Waals surface area contributed by atoms with Crippen LogP contribution in [0.3, 0.4) is 0 Å². The Bertz CT molecular complexity index is 534. The first-order valence-electron chi connectivity index (χ1n) is 7.58. The number of rotatable bonds is 7. The van der Waals surface area contributed by atoms with Crippen LogP contribution < -0.4 is 0 Å². The van der Waals surface area contributed by atoms with Crippen LogP contribution in [-0.4, -0.2) is 37.5 Å². The van der Waals surface area contributed by atoms with Crippen LogP contribution in [0.1, 0.15) is 16.7 Å². The van der Waals surface area contributed by atoms with E-state index < -0.39 is 0 Å². The second-order valence-electron chi connectivity index (χ2n) is 6.03. The van der Waals surface area contributed by atoms with Gasteiger partial charge in [0.1, 0.15) is 0 Å². The van der Waals surface area contributed by atoms with Crippen molar-refractivity contribution in [1.29, 1.82) is 0 Å². The summed E-state index contributed by atoms with van der Waals surface area (Å²) in [5.74, 6) is 0. The monoisotopic (exact) mass is 282 g/mol. The maximum absolute atomic E-state index is 2.36. The van der Waals surface area contributed by atoms with Crippen molar-refractivity contribution in [2.45, 2.75) is 19.5 Å². The molecule has 2 aromatic carbocycles. The molecule has 0 aromatic heterocycles. The highest BCUT2D eigenvalue weighted by atomic mass is 15.1. The lowest BCUT2D eigenvalue weighted by molar-refractivity contribution is 0.319. The average molecular weight is 282 g/mol. The van der Waals surface area contributed by atoms with Crippen molar-refractivity contribution in [2.24, 2.45) is 0 Å². The predicted octanol–water partition coefficient (Wildman–Crippen LogP) is 3.42. The van der Waals surface area contributed by atoms with E-state index in [1.54, 1.807) is 0 Å². The molecular weight excluding hydrogens is 256 g/mol. The number of nitrogens with zero attached hydrogens (tertiary/aromatic N) is 2. The molecule has 112 valence electrons. The van der Waals surface area contributed by atoms with Gasteiger partial charge in [-0.25, -0.2) is 0 Å². The Balaban J connectivity index is 1.91. The van der Waals surface area contributed by atoms with E-state index in [1.807, 2.05) is 0 Å². The zero-order valence-corrected chi connectivity index (χ0v) is 13.4. The smallest absolute Gasteiger partial charge is 0.0234 e. The number of hydrogen-bond acceptors (Lipinski definition) is 2. The second-order valence-corrected chi connectivity index (χ2v) is 6.03. The van der Waals surface area contributed by atoms with Gasteiger partial charge in [0.2, 0.25) is 0 Å². The topological polar surface area (TPSA) is 6.48 Å². The van der Waals surface area contributed by atoms with E-state index in [0.29, 0.717) is 0 Å². The highest BCUT2D eigenvalue weighted by Crippen LogP contribution is 2.11. The van der Waals surface area contributed by atoms with E-state index in [1.165, 1.54) is 16.7 Å². The Labute approximate surface area is 129 Å². The normalized spacial score (nSPS) is 11.3. The van der Waals surface area contributed by atoms with Gasteiger partial charge in [0.25, 0.3) is 0 Å². The zero-order valence-electron chi connectivity index (χ0n) is 13.4. The molecule has 0 radical (unpaired) electrons. The second kappa shape index (κ2) is 7.96. The van der Waals surface area contributed by atoms with Gasteiger partial charge < -0.3 is 4.90 Å². The highest BCUT2D eigenvalue weighted by molar-refractivity contribution is 5.24. The maximum Gasteiger partial charge on any atom is 0.0234 e. The van der Waals surface area contributed by atoms with Crippen molar-refractivity contribution in [3.8, 4) is 0 Å². The van der Waals surface area contributed by atoms with Crippen LogP contribution in [-0.2, 0) is 19.5 Å². The summed E-state index contributed by atoms with van der Waals surface area (Å²) in [6, 6.07) is 19.6. The summed E-state index contributed by atoms with van der Waals surface area (Å²) in [4.78, 5) is 4.59. The number of hydrogen-bond donors (Lipinski definition) is 0. The fourth-order valence-electron chi connectivity index (χ4n) is 2.50. The Morgan fingerprint density at radius 3 is 2.05 bits per heavy atom. The summed E-state index contributed by atoms with van der Waals surface area (Å²) >= 11 is 0. The lowest BCUT2D eigenvalue weighted by Gasteiger charge is -2.17. The zero-order chi connectivity index (χ0) is 15.1. The van der Waals surface area contributed by atoms with Gasteiger partial charge >= 0.3 is 0 Å². The Hall–Kier alpha value is -1.64. The van der Waals surface area contributed by atoms with Gasteiger partial charge in [0.15, 0.2) is 0 Å². The van der Waals surface area contributed by atoms with Crippen LogP contribution in [0.5, 0.6) is 0 Å². The Kier molecular flexibility index (Phi) is 5.97. The molecule has 0 atom stereocenters. The van der Waals surface area contributed by atoms with Gasteiger partial charge in [-0.2, -0.15) is 0 Å². The van der Waals surface area contributed by atoms with Crippen molar-refractivity contribution in [1.82, 2.24) is 9.80 Å². The molecule has 0 aliphatic heterocycles. The molecule has 0 bridgehead atoms. The SMILES string of the molecule is CN(C)CCc1cccc(CN(C)Cc2ccccc2)c1. The van der Waals surface area contributed by atoms with Gasteiger partial charge in [-0.05, 0) is 44.3 Å². The van der Waals surface area contributed by atoms with Gasteiger partial charge in [-0.1, -0.05) is 54.6 Å². The average Bonchev–Trinajstić information content (AvgIpc) is 2.46. The number of likely N-dealkylation sites (N-methyl/N-ethyl adjacent to an activating group) is 1. The molecule has 0 N–H and O–H groups in total. The van der Waals surface area contributed by atoms with E-state index in [0.717, 1.165) is 26.1 Å². The molecule has 0 amide bonds. The fraction of sp³-hybridized carbons (Fsp3) is 0.368. The van der Waals surface area contributed by atoms with Crippen LogP contribution >= 0.6 is 0 Å². The summed E-state index contributed by atoms with van der Waals surface area (Å²) in [7, 11) is 6.43. The maximum atomic E-state index is 2.36. The minimum atomic E-state index is 0.989. The third kappa shape index (κ3) is 5.70. The van der Waals surface area contributed by atoms with Crippen LogP contribution in [0.15, 0.2) is 54.6 Å². The minimum Gasteiger partial charge on any atom is -0.309 e. The summed E-state index contributed by atoms with van der Waals surface area (Å²) in [5, 5.41) is 0. The largest absolute Gasteiger partial charge is 0.309 e. The van der Waals surface area contributed by atoms with Gasteiger partial charge in [-0.15, -0.1) is 0 Å². The molecule has 0 fully saturated rings. The molecular formula is C19H26N2. The summed E-state index contributed by atoms with van der Waals surface area (Å²) in [6.45, 7) is 3.08. The molecule has 0 heterocycles. The third-order valence-electron chi connectivity index (χ3n) is 3.59. The van der Waals surface area contributed by atoms with Gasteiger partial charge in [-0.3, -0.25) is 4.90 Å². The van der Waals surface area contributed by atoms with E-state index in [-0.39, 0.29) is 0 Å². The molecule has 0 aliphatic carbocycles. The first-order chi connectivity index (χ1) is 10.1. The van der Waals surface area contributed by atoms with E-state index in [2.05, 4.69) is 85.5 Å². The van der Waals surface area contributed by atoms with Crippen LogP contribution in [0.2, 0.25) is 0 Å². The first-order valence-corrected chi connectivity index (χ1v) is 7.58. The number of benzene rings is 2. The summed E-state index contributed by atoms with van der Waals surface area (Å²) < 4.78 is 0. The quantitative estimate of drug-likeness (QED) is 0.768. The molecule has 0 unspecified atom stereocenters. The lowest BCUT2D eigenvalue weighted by Crippen LogP contribution is -2.18. The molecule has 2 rings (SSSR count). The highest BCUT2D eigenvalue weighted by Gasteiger charge is 2.03. The van der Waals surface area contributed by atoms with E-state index in [4.69, 9.17) is 0 Å². The van der Waals surface area contributed by atoms with Gasteiger partial charge in [0, 0.05) is 19.6 Å². The van der Waals surface area contributed by atoms with Crippen molar-refractivity contribution < 1.29 is 0 Å². The third-order valence-corrected chi connectivity index (χ3v) is 3.59. The molecule has 0 saturated heterocycles. The van der Waals surface area contributed by atoms with Crippen molar-refractivity contribution in [3.63, 3.8) is 0 Å². The summed E-state index contributed by atoms with van der Waals surface area (Å²) in [5.41, 5.74) is 4.18. The Morgan fingerprint density at radius 2 is 1.33 bits per heavy atom. The molecule has 2 nitrogen and oxygen atoms in total. The fourth-order valence-corrected chi connectivity index (χ4v) is 2.50. The molecule has 0 aliphatic rings. The van der Waals surface area contributed by atoms with Crippen molar-refractivity contribution in [3.05, 3.63) is 71.3 Å². The Morgan fingerprint density at radius 1 is 0.714 bits per heavy atom. The van der Waals surface area contributed by atoms with Crippen LogP contribution in [0, 0.1) is 0 Å². The molecule has 2 heteroatoms. The molecule has 2 aromatic rings. The minimum absolute atomic E-state index is 0.989. The standard InChI is InChI=1S/C19H26N2/c1-20(2)13-12-17-10-7-11-19(14-17)16-21(3)15-18-8-5-4-6-9-18/h4-11,14H,12-13,15-16H2,1-3H3. The van der Waals surface area contributed by atoms with Crippen molar-refractivity contribution >= 4 is 0 Å². The first kappa shape index (κ1) is 15.7. The molecule has 0 saturated carbocycles. The lowest BCUT2D eigenvalue weighted by atomic mass is 10.1. The van der Waals surface area contributed by atoms with Crippen LogP contribution in [0.4, 0.5) is 0 Å². The molecule has 21 heavy (non-hydrogen) atoms. The van der Waals surface area contributed by atoms with E-state index in [9.17, 15) is 0 Å². The van der Waals surface area contributed by atoms with Crippen molar-refractivity contribution in [2.75, 3.05) is 27.7 Å².